The third-order valence-corrected chi connectivity index (χ3v) is 4.47. The Hall–Kier alpha value is -0.410. The van der Waals surface area contributed by atoms with Crippen LogP contribution in [-0.2, 0) is 11.3 Å². The van der Waals surface area contributed by atoms with Gasteiger partial charge in [0.15, 0.2) is 5.96 Å². The Morgan fingerprint density at radius 1 is 1.43 bits per heavy atom. The van der Waals surface area contributed by atoms with Crippen LogP contribution in [0, 0.1) is 5.92 Å². The second-order valence-corrected chi connectivity index (χ2v) is 6.99. The molecule has 2 rings (SSSR count). The molecule has 0 saturated heterocycles. The number of hydrogen-bond acceptors (Lipinski definition) is 4. The number of aliphatic imine (C=N–C) groups is 1. The molecule has 1 heterocycles. The number of aromatic nitrogens is 1. The van der Waals surface area contributed by atoms with Gasteiger partial charge in [0.05, 0.1) is 12.2 Å². The molecule has 1 aromatic heterocycles. The summed E-state index contributed by atoms with van der Waals surface area (Å²) in [5.74, 6) is 2.15. The first-order valence-corrected chi connectivity index (χ1v) is 9.03. The molecule has 0 aliphatic heterocycles. The van der Waals surface area contributed by atoms with Gasteiger partial charge in [0.2, 0.25) is 0 Å². The van der Waals surface area contributed by atoms with E-state index in [0.29, 0.717) is 5.92 Å². The van der Waals surface area contributed by atoms with Crippen molar-refractivity contribution in [3.05, 3.63) is 16.1 Å². The van der Waals surface area contributed by atoms with E-state index in [9.17, 15) is 0 Å². The van der Waals surface area contributed by atoms with E-state index in [1.54, 1.807) is 18.4 Å². The number of nitrogens with zero attached hydrogens (tertiary/aromatic N) is 2. The molecule has 0 unspecified atom stereocenters. The summed E-state index contributed by atoms with van der Waals surface area (Å²) >= 11 is 1.70. The molecule has 0 spiro atoms. The lowest BCUT2D eigenvalue weighted by atomic mass is 10.2. The summed E-state index contributed by atoms with van der Waals surface area (Å²) in [7, 11) is 1.79. The minimum Gasteiger partial charge on any atom is -0.381 e. The second-order valence-electron chi connectivity index (χ2n) is 6.05. The van der Waals surface area contributed by atoms with Gasteiger partial charge in [-0.15, -0.1) is 35.3 Å². The predicted molar refractivity (Wildman–Crippen MR) is 108 cm³/mol. The Bertz CT molecular complexity index is 474. The van der Waals surface area contributed by atoms with Crippen molar-refractivity contribution in [3.8, 4) is 0 Å². The molecule has 1 aromatic rings. The van der Waals surface area contributed by atoms with Crippen LogP contribution in [0.25, 0.3) is 0 Å². The topological polar surface area (TPSA) is 58.5 Å². The zero-order valence-electron chi connectivity index (χ0n) is 14.3. The average Bonchev–Trinajstić information content (AvgIpc) is 3.20. The molecule has 0 bridgehead atoms. The van der Waals surface area contributed by atoms with Crippen molar-refractivity contribution < 1.29 is 4.74 Å². The van der Waals surface area contributed by atoms with E-state index >= 15 is 0 Å². The van der Waals surface area contributed by atoms with E-state index in [2.05, 4.69) is 39.8 Å². The van der Waals surface area contributed by atoms with Gasteiger partial charge in [-0.2, -0.15) is 0 Å². The van der Waals surface area contributed by atoms with Gasteiger partial charge in [-0.25, -0.2) is 4.98 Å². The van der Waals surface area contributed by atoms with Crippen molar-refractivity contribution in [3.63, 3.8) is 0 Å². The Balaban J connectivity index is 0.00000264. The fourth-order valence-electron chi connectivity index (χ4n) is 1.97. The van der Waals surface area contributed by atoms with Crippen molar-refractivity contribution in [2.75, 3.05) is 26.8 Å². The van der Waals surface area contributed by atoms with Gasteiger partial charge in [0, 0.05) is 32.2 Å². The largest absolute Gasteiger partial charge is 0.381 e. The van der Waals surface area contributed by atoms with E-state index < -0.39 is 0 Å². The Labute approximate surface area is 160 Å². The van der Waals surface area contributed by atoms with Crippen LogP contribution in [0.5, 0.6) is 0 Å². The van der Waals surface area contributed by atoms with Crippen LogP contribution in [0.1, 0.15) is 49.7 Å². The number of rotatable bonds is 9. The van der Waals surface area contributed by atoms with Crippen LogP contribution in [0.15, 0.2) is 10.4 Å². The molecule has 1 aliphatic carbocycles. The molecular weight excluding hydrogens is 423 g/mol. The third kappa shape index (κ3) is 8.30. The average molecular weight is 452 g/mol. The van der Waals surface area contributed by atoms with Gasteiger partial charge < -0.3 is 15.4 Å². The molecule has 0 atom stereocenters. The summed E-state index contributed by atoms with van der Waals surface area (Å²) in [6.07, 6.45) is 3.70. The molecule has 0 radical (unpaired) electrons. The molecule has 23 heavy (non-hydrogen) atoms. The molecular formula is C16H29IN4OS. The van der Waals surface area contributed by atoms with E-state index in [4.69, 9.17) is 4.74 Å². The van der Waals surface area contributed by atoms with E-state index in [0.717, 1.165) is 55.3 Å². The molecule has 0 amide bonds. The van der Waals surface area contributed by atoms with Gasteiger partial charge in [-0.3, -0.25) is 4.99 Å². The first-order valence-electron chi connectivity index (χ1n) is 8.15. The summed E-state index contributed by atoms with van der Waals surface area (Å²) in [6, 6.07) is 0. The first kappa shape index (κ1) is 20.6. The molecule has 2 N–H and O–H groups in total. The number of thiazole rings is 1. The van der Waals surface area contributed by atoms with Crippen LogP contribution >= 0.6 is 35.3 Å². The van der Waals surface area contributed by atoms with Crippen LogP contribution in [0.3, 0.4) is 0 Å². The van der Waals surface area contributed by atoms with Crippen molar-refractivity contribution in [2.24, 2.45) is 10.9 Å². The summed E-state index contributed by atoms with van der Waals surface area (Å²) in [6.45, 7) is 7.69. The molecule has 1 aliphatic rings. The maximum Gasteiger partial charge on any atom is 0.191 e. The number of halogens is 1. The lowest BCUT2D eigenvalue weighted by molar-refractivity contribution is 0.123. The highest BCUT2D eigenvalue weighted by molar-refractivity contribution is 14.0. The van der Waals surface area contributed by atoms with Crippen molar-refractivity contribution in [1.82, 2.24) is 15.6 Å². The van der Waals surface area contributed by atoms with Crippen molar-refractivity contribution >= 4 is 41.3 Å². The molecule has 1 fully saturated rings. The van der Waals surface area contributed by atoms with Crippen LogP contribution in [-0.4, -0.2) is 37.7 Å². The van der Waals surface area contributed by atoms with Crippen LogP contribution in [0.4, 0.5) is 0 Å². The SMILES string of the molecule is CN=C(NCCCOCC1CC1)NCc1nc(C(C)C)cs1.I. The predicted octanol–water partition coefficient (Wildman–Crippen LogP) is 3.37. The van der Waals surface area contributed by atoms with Gasteiger partial charge in [-0.05, 0) is 31.1 Å². The Morgan fingerprint density at radius 3 is 2.83 bits per heavy atom. The minimum absolute atomic E-state index is 0. The third-order valence-electron chi connectivity index (χ3n) is 3.60. The lowest BCUT2D eigenvalue weighted by Gasteiger charge is -2.11. The number of hydrogen-bond donors (Lipinski definition) is 2. The zero-order valence-corrected chi connectivity index (χ0v) is 17.4. The summed E-state index contributed by atoms with van der Waals surface area (Å²) in [5.41, 5.74) is 1.16. The van der Waals surface area contributed by atoms with Crippen LogP contribution < -0.4 is 10.6 Å². The Kier molecular flexibility index (Phi) is 10.0. The zero-order chi connectivity index (χ0) is 15.8. The maximum atomic E-state index is 5.62. The summed E-state index contributed by atoms with van der Waals surface area (Å²) < 4.78 is 5.62. The number of guanidine groups is 1. The van der Waals surface area contributed by atoms with Crippen LogP contribution in [0.2, 0.25) is 0 Å². The highest BCUT2D eigenvalue weighted by Crippen LogP contribution is 2.28. The quantitative estimate of drug-likeness (QED) is 0.261. The molecule has 132 valence electrons. The molecule has 5 nitrogen and oxygen atoms in total. The Morgan fingerprint density at radius 2 is 2.22 bits per heavy atom. The second kappa shape index (κ2) is 11.2. The maximum absolute atomic E-state index is 5.62. The van der Waals surface area contributed by atoms with E-state index in [-0.39, 0.29) is 24.0 Å². The van der Waals surface area contributed by atoms with Gasteiger partial charge in [-0.1, -0.05) is 13.8 Å². The lowest BCUT2D eigenvalue weighted by Crippen LogP contribution is -2.37. The normalized spacial score (nSPS) is 14.7. The fourth-order valence-corrected chi connectivity index (χ4v) is 2.86. The standard InChI is InChI=1S/C16H28N4OS.HI/c1-12(2)14-11-22-15(20-14)9-19-16(17-3)18-7-4-8-21-10-13-5-6-13;/h11-13H,4-10H2,1-3H3,(H2,17,18,19);1H. The van der Waals surface area contributed by atoms with Crippen molar-refractivity contribution in [2.45, 2.75) is 45.6 Å². The summed E-state index contributed by atoms with van der Waals surface area (Å²) in [5, 5.41) is 9.84. The minimum atomic E-state index is 0. The van der Waals surface area contributed by atoms with Crippen molar-refractivity contribution in [1.29, 1.82) is 0 Å². The smallest absolute Gasteiger partial charge is 0.191 e. The van der Waals surface area contributed by atoms with E-state index in [1.165, 1.54) is 12.8 Å². The van der Waals surface area contributed by atoms with Gasteiger partial charge in [0.1, 0.15) is 5.01 Å². The number of ether oxygens (including phenoxy) is 1. The fraction of sp³-hybridized carbons (Fsp3) is 0.750. The number of nitrogens with one attached hydrogen (secondary N) is 2. The summed E-state index contributed by atoms with van der Waals surface area (Å²) in [4.78, 5) is 8.84. The first-order chi connectivity index (χ1) is 10.7. The van der Waals surface area contributed by atoms with Gasteiger partial charge >= 0.3 is 0 Å². The highest BCUT2D eigenvalue weighted by atomic mass is 127. The highest BCUT2D eigenvalue weighted by Gasteiger charge is 2.20. The molecule has 0 aromatic carbocycles. The van der Waals surface area contributed by atoms with Gasteiger partial charge in [0.25, 0.3) is 0 Å². The van der Waals surface area contributed by atoms with E-state index in [1.807, 2.05) is 0 Å². The monoisotopic (exact) mass is 452 g/mol. The molecule has 7 heteroatoms. The molecule has 1 saturated carbocycles.